The average molecular weight is 499 g/mol. The lowest BCUT2D eigenvalue weighted by atomic mass is 9.93. The molecule has 0 aliphatic carbocycles. The molecule has 180 valence electrons. The number of sulfonamides is 1. The van der Waals surface area contributed by atoms with Gasteiger partial charge in [-0.15, -0.1) is 0 Å². The van der Waals surface area contributed by atoms with Gasteiger partial charge in [-0.1, -0.05) is 41.6 Å². The summed E-state index contributed by atoms with van der Waals surface area (Å²) in [5.41, 5.74) is 5.00. The number of amides is 1. The molecular weight excluding hydrogens is 468 g/mol. The maximum atomic E-state index is 13.3. The van der Waals surface area contributed by atoms with Crippen LogP contribution in [0.3, 0.4) is 0 Å². The van der Waals surface area contributed by atoms with Gasteiger partial charge in [0.1, 0.15) is 0 Å². The lowest BCUT2D eigenvalue weighted by molar-refractivity contribution is -0.117. The molecule has 4 rings (SSSR count). The number of hydrogen-bond donors (Lipinski definition) is 2. The Kier molecular flexibility index (Phi) is 6.78. The second-order valence-corrected chi connectivity index (χ2v) is 11.4. The second-order valence-electron chi connectivity index (χ2n) is 8.73. The highest BCUT2D eigenvalue weighted by Gasteiger charge is 2.37. The summed E-state index contributed by atoms with van der Waals surface area (Å²) in [6.07, 6.45) is 0.985. The van der Waals surface area contributed by atoms with Crippen molar-refractivity contribution in [2.45, 2.75) is 45.1 Å². The predicted octanol–water partition coefficient (Wildman–Crippen LogP) is 4.28. The predicted molar refractivity (Wildman–Crippen MR) is 139 cm³/mol. The fourth-order valence-electron chi connectivity index (χ4n) is 4.81. The van der Waals surface area contributed by atoms with Crippen LogP contribution in [-0.2, 0) is 14.8 Å². The van der Waals surface area contributed by atoms with Crippen molar-refractivity contribution in [2.75, 3.05) is 24.1 Å². The van der Waals surface area contributed by atoms with E-state index in [9.17, 15) is 13.2 Å². The van der Waals surface area contributed by atoms with Crippen molar-refractivity contribution in [3.8, 4) is 0 Å². The summed E-state index contributed by atoms with van der Waals surface area (Å²) in [4.78, 5) is 20.0. The highest BCUT2D eigenvalue weighted by atomic mass is 32.2. The van der Waals surface area contributed by atoms with Crippen LogP contribution in [0.5, 0.6) is 0 Å². The molecule has 7 nitrogen and oxygen atoms in total. The molecule has 1 amide bonds. The molecule has 2 aromatic carbocycles. The third-order valence-corrected chi connectivity index (χ3v) is 8.82. The number of hydrogen-bond acceptors (Lipinski definition) is 6. The monoisotopic (exact) mass is 498 g/mol. The highest BCUT2D eigenvalue weighted by molar-refractivity contribution is 8.13. The minimum absolute atomic E-state index is 0.183. The maximum Gasteiger partial charge on any atom is 0.262 e. The minimum atomic E-state index is -3.79. The quantitative estimate of drug-likeness (QED) is 0.642. The van der Waals surface area contributed by atoms with Crippen molar-refractivity contribution >= 4 is 38.5 Å². The van der Waals surface area contributed by atoms with Gasteiger partial charge in [-0.25, -0.2) is 13.4 Å². The van der Waals surface area contributed by atoms with Gasteiger partial charge in [-0.2, -0.15) is 0 Å². The molecule has 2 N–H and O–H groups in total. The molecule has 1 fully saturated rings. The highest BCUT2D eigenvalue weighted by Crippen LogP contribution is 2.40. The Morgan fingerprint density at radius 3 is 2.50 bits per heavy atom. The Bertz CT molecular complexity index is 1290. The first kappa shape index (κ1) is 24.3. The lowest BCUT2D eigenvalue weighted by Gasteiger charge is -2.40. The number of likely N-dealkylation sites (N-methyl/N-ethyl adjacent to an activating group) is 1. The summed E-state index contributed by atoms with van der Waals surface area (Å²) in [6.45, 7) is 8.21. The fraction of sp³-hybridized carbons (Fsp3) is 0.360. The smallest absolute Gasteiger partial charge is 0.262 e. The number of fused-ring (bicyclic) bond motifs is 1. The molecule has 0 spiro atoms. The van der Waals surface area contributed by atoms with Gasteiger partial charge in [0, 0.05) is 25.0 Å². The largest absolute Gasteiger partial charge is 0.355 e. The number of carbonyl (C=O) groups is 1. The van der Waals surface area contributed by atoms with Crippen LogP contribution >= 0.6 is 11.8 Å². The van der Waals surface area contributed by atoms with Crippen LogP contribution in [0.1, 0.15) is 41.6 Å². The van der Waals surface area contributed by atoms with Crippen LogP contribution in [0.4, 0.5) is 5.69 Å². The van der Waals surface area contributed by atoms with E-state index < -0.39 is 10.0 Å². The first-order valence-corrected chi connectivity index (χ1v) is 13.7. The van der Waals surface area contributed by atoms with E-state index >= 15 is 0 Å². The van der Waals surface area contributed by atoms with Gasteiger partial charge in [-0.05, 0) is 62.9 Å². The van der Waals surface area contributed by atoms with Crippen molar-refractivity contribution in [3.05, 3.63) is 69.9 Å². The summed E-state index contributed by atoms with van der Waals surface area (Å²) >= 11 is 1.68. The van der Waals surface area contributed by atoms with E-state index in [1.807, 2.05) is 58.0 Å². The Labute approximate surface area is 205 Å². The van der Waals surface area contributed by atoms with Gasteiger partial charge in [0.15, 0.2) is 5.17 Å². The van der Waals surface area contributed by atoms with Crippen LogP contribution in [0.2, 0.25) is 0 Å². The van der Waals surface area contributed by atoms with Gasteiger partial charge >= 0.3 is 0 Å². The van der Waals surface area contributed by atoms with Gasteiger partial charge in [0.2, 0.25) is 0 Å². The third-order valence-electron chi connectivity index (χ3n) is 6.06. The molecule has 0 aromatic heterocycles. The molecule has 1 atom stereocenters. The van der Waals surface area contributed by atoms with Crippen molar-refractivity contribution < 1.29 is 13.2 Å². The summed E-state index contributed by atoms with van der Waals surface area (Å²) in [6, 6.07) is 10.7. The van der Waals surface area contributed by atoms with Gasteiger partial charge in [-0.3, -0.25) is 9.52 Å². The van der Waals surface area contributed by atoms with Crippen LogP contribution in [0.15, 0.2) is 57.6 Å². The Hall–Kier alpha value is -2.78. The first-order valence-electron chi connectivity index (χ1n) is 11.2. The normalized spacial score (nSPS) is 18.3. The number of aliphatic imine (C=N–C) groups is 1. The maximum absolute atomic E-state index is 13.3. The van der Waals surface area contributed by atoms with E-state index in [4.69, 9.17) is 4.99 Å². The Morgan fingerprint density at radius 2 is 1.82 bits per heavy atom. The van der Waals surface area contributed by atoms with Crippen molar-refractivity contribution in [3.63, 3.8) is 0 Å². The molecule has 2 heterocycles. The number of thioether (sulfide) groups is 1. The van der Waals surface area contributed by atoms with Gasteiger partial charge in [0.05, 0.1) is 22.2 Å². The zero-order valence-electron chi connectivity index (χ0n) is 20.1. The van der Waals surface area contributed by atoms with Crippen LogP contribution in [0, 0.1) is 20.8 Å². The second kappa shape index (κ2) is 9.46. The number of rotatable bonds is 5. The van der Waals surface area contributed by atoms with Crippen molar-refractivity contribution in [2.24, 2.45) is 4.99 Å². The summed E-state index contributed by atoms with van der Waals surface area (Å²) < 4.78 is 29.4. The number of nitrogens with zero attached hydrogens (tertiary/aromatic N) is 2. The lowest BCUT2D eigenvalue weighted by Crippen LogP contribution is -2.43. The molecular formula is C25H30N4O3S2. The van der Waals surface area contributed by atoms with Crippen LogP contribution in [0.25, 0.3) is 0 Å². The minimum Gasteiger partial charge on any atom is -0.355 e. The number of allylic oxidation sites excluding steroid dienone is 1. The van der Waals surface area contributed by atoms with E-state index in [-0.39, 0.29) is 11.9 Å². The molecule has 0 radical (unpaired) electrons. The number of amidine groups is 1. The Morgan fingerprint density at radius 1 is 1.12 bits per heavy atom. The molecule has 1 unspecified atom stereocenters. The molecule has 34 heavy (non-hydrogen) atoms. The SMILES string of the molecule is CNC(=O)C1=C(C)N=C2SCCCN2C1c1cccc(NS(=O)(=O)c2c(C)cc(C)cc2C)c1. The average Bonchev–Trinajstić information content (AvgIpc) is 2.76. The molecule has 1 saturated heterocycles. The number of aryl methyl sites for hydroxylation is 3. The zero-order valence-corrected chi connectivity index (χ0v) is 21.7. The summed E-state index contributed by atoms with van der Waals surface area (Å²) in [7, 11) is -2.18. The van der Waals surface area contributed by atoms with Crippen molar-refractivity contribution in [1.82, 2.24) is 10.2 Å². The van der Waals surface area contributed by atoms with Gasteiger partial charge < -0.3 is 10.2 Å². The van der Waals surface area contributed by atoms with E-state index in [2.05, 4.69) is 14.9 Å². The summed E-state index contributed by atoms with van der Waals surface area (Å²) in [5.74, 6) is 0.803. The third kappa shape index (κ3) is 4.59. The van der Waals surface area contributed by atoms with E-state index in [1.165, 1.54) is 0 Å². The topological polar surface area (TPSA) is 90.9 Å². The Balaban J connectivity index is 1.74. The van der Waals surface area contributed by atoms with E-state index in [1.54, 1.807) is 24.9 Å². The number of benzene rings is 2. The molecule has 0 bridgehead atoms. The van der Waals surface area contributed by atoms with Crippen LogP contribution < -0.4 is 10.0 Å². The molecule has 2 aliphatic heterocycles. The molecule has 0 saturated carbocycles. The zero-order chi connectivity index (χ0) is 24.6. The van der Waals surface area contributed by atoms with Gasteiger partial charge in [0.25, 0.3) is 15.9 Å². The van der Waals surface area contributed by atoms with Crippen molar-refractivity contribution in [1.29, 1.82) is 0 Å². The molecule has 2 aliphatic rings. The fourth-order valence-corrected chi connectivity index (χ4v) is 7.33. The number of nitrogens with one attached hydrogen (secondary N) is 2. The summed E-state index contributed by atoms with van der Waals surface area (Å²) in [5, 5.41) is 3.64. The van der Waals surface area contributed by atoms with E-state index in [0.717, 1.165) is 35.0 Å². The number of anilines is 1. The standard InChI is InChI=1S/C25H30N4O3S2/c1-15-12-16(2)23(17(3)13-15)34(31,32)28-20-9-6-8-19(14-20)22-21(24(30)26-5)18(4)27-25-29(22)10-7-11-33-25/h6,8-9,12-14,22,28H,7,10-11H2,1-5H3,(H,26,30). The number of carbonyl (C=O) groups excluding carboxylic acids is 1. The van der Waals surface area contributed by atoms with Crippen LogP contribution in [-0.4, -0.2) is 43.7 Å². The molecule has 2 aromatic rings. The van der Waals surface area contributed by atoms with E-state index in [0.29, 0.717) is 33.0 Å². The molecule has 9 heteroatoms. The first-order chi connectivity index (χ1) is 16.1.